The smallest absolute Gasteiger partial charge is 0.0436 e. The molecule has 0 amide bonds. The van der Waals surface area contributed by atoms with Crippen molar-refractivity contribution in [1.29, 1.82) is 0 Å². The molecule has 0 unspecified atom stereocenters. The summed E-state index contributed by atoms with van der Waals surface area (Å²) in [7, 11) is 0. The fourth-order valence-electron chi connectivity index (χ4n) is 2.65. The van der Waals surface area contributed by atoms with Gasteiger partial charge in [0.15, 0.2) is 0 Å². The number of nitrogens with one attached hydrogen (secondary N) is 1. The van der Waals surface area contributed by atoms with Crippen LogP contribution in [0.15, 0.2) is 46.9 Å². The summed E-state index contributed by atoms with van der Waals surface area (Å²) in [6.07, 6.45) is 0. The van der Waals surface area contributed by atoms with Crippen LogP contribution in [-0.4, -0.2) is 6.54 Å². The molecule has 2 aromatic carbocycles. The van der Waals surface area contributed by atoms with E-state index in [1.807, 2.05) is 0 Å². The van der Waals surface area contributed by atoms with Crippen molar-refractivity contribution < 1.29 is 0 Å². The third kappa shape index (κ3) is 2.74. The van der Waals surface area contributed by atoms with E-state index in [0.29, 0.717) is 0 Å². The van der Waals surface area contributed by atoms with Crippen LogP contribution in [0.2, 0.25) is 0 Å². The number of hydrogen-bond donors (Lipinski definition) is 1. The Balaban J connectivity index is 1.78. The van der Waals surface area contributed by atoms with Crippen LogP contribution >= 0.6 is 15.9 Å². The van der Waals surface area contributed by atoms with E-state index in [0.717, 1.165) is 26.2 Å². The molecule has 0 saturated carbocycles. The minimum absolute atomic E-state index is 0.914. The van der Waals surface area contributed by atoms with Gasteiger partial charge in [-0.05, 0) is 35.4 Å². The van der Waals surface area contributed by atoms with Gasteiger partial charge in [0.2, 0.25) is 0 Å². The second kappa shape index (κ2) is 5.98. The van der Waals surface area contributed by atoms with Gasteiger partial charge in [0.1, 0.15) is 0 Å². The van der Waals surface area contributed by atoms with Crippen LogP contribution in [0.4, 0.5) is 5.69 Å². The molecule has 0 aliphatic carbocycles. The summed E-state index contributed by atoms with van der Waals surface area (Å²) >= 11 is 3.69. The number of rotatable bonds is 4. The maximum atomic E-state index is 3.69. The van der Waals surface area contributed by atoms with Gasteiger partial charge < -0.3 is 10.2 Å². The zero-order chi connectivity index (χ0) is 13.9. The Morgan fingerprint density at radius 1 is 1.10 bits per heavy atom. The first-order chi connectivity index (χ1) is 9.78. The maximum absolute atomic E-state index is 3.69. The monoisotopic (exact) mass is 330 g/mol. The van der Waals surface area contributed by atoms with Gasteiger partial charge in [-0.3, -0.25) is 0 Å². The number of halogens is 1. The number of hydrogen-bond acceptors (Lipinski definition) is 2. The maximum Gasteiger partial charge on any atom is 0.0436 e. The summed E-state index contributed by atoms with van der Waals surface area (Å²) in [6, 6.07) is 15.4. The van der Waals surface area contributed by atoms with Gasteiger partial charge in [-0.15, -0.1) is 0 Å². The molecular weight excluding hydrogens is 312 g/mol. The molecule has 0 radical (unpaired) electrons. The van der Waals surface area contributed by atoms with E-state index >= 15 is 0 Å². The topological polar surface area (TPSA) is 15.3 Å². The minimum atomic E-state index is 0.914. The summed E-state index contributed by atoms with van der Waals surface area (Å²) in [4.78, 5) is 2.42. The van der Waals surface area contributed by atoms with E-state index in [1.54, 1.807) is 0 Å². The fourth-order valence-corrected chi connectivity index (χ4v) is 3.16. The van der Waals surface area contributed by atoms with E-state index in [9.17, 15) is 0 Å². The number of nitrogens with zero attached hydrogens (tertiary/aromatic N) is 1. The van der Waals surface area contributed by atoms with Crippen LogP contribution in [0.1, 0.15) is 23.6 Å². The summed E-state index contributed by atoms with van der Waals surface area (Å²) < 4.78 is 1.19. The summed E-state index contributed by atoms with van der Waals surface area (Å²) in [5.41, 5.74) is 5.49. The van der Waals surface area contributed by atoms with Gasteiger partial charge >= 0.3 is 0 Å². The van der Waals surface area contributed by atoms with Gasteiger partial charge in [0.25, 0.3) is 0 Å². The molecule has 2 aromatic rings. The lowest BCUT2D eigenvalue weighted by molar-refractivity contribution is 0.724. The molecule has 3 heteroatoms. The first-order valence-corrected chi connectivity index (χ1v) is 7.88. The second-order valence-electron chi connectivity index (χ2n) is 5.18. The second-order valence-corrected chi connectivity index (χ2v) is 6.04. The van der Waals surface area contributed by atoms with Crippen molar-refractivity contribution >= 4 is 21.6 Å². The zero-order valence-corrected chi connectivity index (χ0v) is 13.3. The lowest BCUT2D eigenvalue weighted by Gasteiger charge is -2.19. The van der Waals surface area contributed by atoms with E-state index in [-0.39, 0.29) is 0 Å². The van der Waals surface area contributed by atoms with Crippen molar-refractivity contribution in [2.45, 2.75) is 26.6 Å². The van der Waals surface area contributed by atoms with E-state index in [1.165, 1.54) is 26.9 Å². The van der Waals surface area contributed by atoms with Crippen molar-refractivity contribution in [3.8, 4) is 0 Å². The van der Waals surface area contributed by atoms with E-state index < -0.39 is 0 Å². The molecule has 0 atom stereocenters. The highest BCUT2D eigenvalue weighted by molar-refractivity contribution is 9.10. The fraction of sp³-hybridized carbons (Fsp3) is 0.294. The summed E-state index contributed by atoms with van der Waals surface area (Å²) in [5, 5.41) is 3.36. The molecule has 0 bridgehead atoms. The first-order valence-electron chi connectivity index (χ1n) is 7.09. The normalized spacial score (nSPS) is 13.6. The Hall–Kier alpha value is -1.32. The highest BCUT2D eigenvalue weighted by Gasteiger charge is 2.18. The van der Waals surface area contributed by atoms with Crippen LogP contribution < -0.4 is 10.2 Å². The van der Waals surface area contributed by atoms with E-state index in [2.05, 4.69) is 75.5 Å². The molecule has 104 valence electrons. The predicted molar refractivity (Wildman–Crippen MR) is 87.9 cm³/mol. The van der Waals surface area contributed by atoms with Crippen molar-refractivity contribution in [2.24, 2.45) is 0 Å². The Morgan fingerprint density at radius 2 is 1.80 bits per heavy atom. The Labute approximate surface area is 128 Å². The zero-order valence-electron chi connectivity index (χ0n) is 11.7. The quantitative estimate of drug-likeness (QED) is 0.908. The molecule has 0 aromatic heterocycles. The Morgan fingerprint density at radius 3 is 2.40 bits per heavy atom. The predicted octanol–water partition coefficient (Wildman–Crippen LogP) is 4.08. The highest BCUT2D eigenvalue weighted by Crippen LogP contribution is 2.31. The van der Waals surface area contributed by atoms with Crippen LogP contribution in [0, 0.1) is 0 Å². The molecule has 1 heterocycles. The number of benzene rings is 2. The van der Waals surface area contributed by atoms with Crippen molar-refractivity contribution in [3.63, 3.8) is 0 Å². The van der Waals surface area contributed by atoms with Gasteiger partial charge in [-0.25, -0.2) is 0 Å². The molecule has 1 N–H and O–H groups in total. The lowest BCUT2D eigenvalue weighted by Crippen LogP contribution is -2.15. The Bertz CT molecular complexity index is 585. The van der Waals surface area contributed by atoms with Crippen LogP contribution in [0.3, 0.4) is 0 Å². The lowest BCUT2D eigenvalue weighted by atomic mass is 10.1. The van der Waals surface area contributed by atoms with Crippen molar-refractivity contribution in [3.05, 3.63) is 63.6 Å². The standard InChI is InChI=1S/C17H19BrN2/c1-2-19-10-13-7-8-16(9-17(13)18)20-11-14-5-3-4-6-15(14)12-20/h3-9,19H,2,10-12H2,1H3. The first kappa shape index (κ1) is 13.7. The number of fused-ring (bicyclic) bond motifs is 1. The SMILES string of the molecule is CCNCc1ccc(N2Cc3ccccc3C2)cc1Br. The van der Waals surface area contributed by atoms with E-state index in [4.69, 9.17) is 0 Å². The third-order valence-corrected chi connectivity index (χ3v) is 4.55. The molecule has 1 aliphatic rings. The van der Waals surface area contributed by atoms with Gasteiger partial charge in [-0.1, -0.05) is 53.2 Å². The summed E-state index contributed by atoms with van der Waals surface area (Å²) in [5.74, 6) is 0. The molecule has 0 spiro atoms. The number of anilines is 1. The average molecular weight is 331 g/mol. The molecular formula is C17H19BrN2. The van der Waals surface area contributed by atoms with Crippen LogP contribution in [0.5, 0.6) is 0 Å². The third-order valence-electron chi connectivity index (χ3n) is 3.81. The van der Waals surface area contributed by atoms with Crippen LogP contribution in [0.25, 0.3) is 0 Å². The van der Waals surface area contributed by atoms with Crippen LogP contribution in [-0.2, 0) is 19.6 Å². The largest absolute Gasteiger partial charge is 0.363 e. The Kier molecular flexibility index (Phi) is 4.08. The summed E-state index contributed by atoms with van der Waals surface area (Å²) in [6.45, 7) is 6.06. The van der Waals surface area contributed by atoms with Gasteiger partial charge in [0, 0.05) is 29.8 Å². The van der Waals surface area contributed by atoms with Crippen molar-refractivity contribution in [2.75, 3.05) is 11.4 Å². The van der Waals surface area contributed by atoms with Gasteiger partial charge in [0.05, 0.1) is 0 Å². The minimum Gasteiger partial charge on any atom is -0.363 e. The average Bonchev–Trinajstić information content (AvgIpc) is 2.90. The van der Waals surface area contributed by atoms with Gasteiger partial charge in [-0.2, -0.15) is 0 Å². The molecule has 2 nitrogen and oxygen atoms in total. The highest BCUT2D eigenvalue weighted by atomic mass is 79.9. The molecule has 0 saturated heterocycles. The molecule has 20 heavy (non-hydrogen) atoms. The van der Waals surface area contributed by atoms with Crippen molar-refractivity contribution in [1.82, 2.24) is 5.32 Å². The molecule has 1 aliphatic heterocycles. The molecule has 0 fully saturated rings. The molecule has 3 rings (SSSR count).